The van der Waals surface area contributed by atoms with Crippen LogP contribution < -0.4 is 10.1 Å². The normalized spacial score (nSPS) is 13.6. The summed E-state index contributed by atoms with van der Waals surface area (Å²) in [6.07, 6.45) is -3.37. The highest BCUT2D eigenvalue weighted by Gasteiger charge is 2.34. The molecule has 3 aromatic rings. The lowest BCUT2D eigenvalue weighted by atomic mass is 9.84. The van der Waals surface area contributed by atoms with Crippen molar-refractivity contribution >= 4 is 39.0 Å². The molecule has 0 unspecified atom stereocenters. The molecule has 4 rings (SSSR count). The van der Waals surface area contributed by atoms with Gasteiger partial charge in [-0.05, 0) is 42.0 Å². The Balaban J connectivity index is 1.79. The van der Waals surface area contributed by atoms with Crippen molar-refractivity contribution in [1.82, 2.24) is 5.32 Å². The number of carbonyl (C=O) groups is 3. The van der Waals surface area contributed by atoms with Crippen LogP contribution in [0.4, 0.5) is 8.78 Å². The molecule has 0 fully saturated rings. The van der Waals surface area contributed by atoms with E-state index in [9.17, 15) is 23.2 Å². The summed E-state index contributed by atoms with van der Waals surface area (Å²) < 4.78 is 31.6. The number of hydrogen-bond donors (Lipinski definition) is 1. The second-order valence-electron chi connectivity index (χ2n) is 7.35. The number of nitrogens with one attached hydrogen (secondary N) is 1. The van der Waals surface area contributed by atoms with Gasteiger partial charge in [0.2, 0.25) is 5.78 Å². The summed E-state index contributed by atoms with van der Waals surface area (Å²) in [5, 5.41) is 2.58. The molecular weight excluding hydrogens is 496 g/mol. The molecule has 0 aliphatic heterocycles. The van der Waals surface area contributed by atoms with E-state index in [1.165, 1.54) is 36.4 Å². The lowest BCUT2D eigenvalue weighted by molar-refractivity contribution is -0.158. The van der Waals surface area contributed by atoms with Gasteiger partial charge in [-0.2, -0.15) is 8.78 Å². The van der Waals surface area contributed by atoms with Crippen molar-refractivity contribution in [2.45, 2.75) is 13.0 Å². The first-order valence-electron chi connectivity index (χ1n) is 9.81. The second kappa shape index (κ2) is 8.71. The average molecular weight is 512 g/mol. The van der Waals surface area contributed by atoms with E-state index in [2.05, 4.69) is 26.0 Å². The first kappa shape index (κ1) is 22.5. The van der Waals surface area contributed by atoms with E-state index >= 15 is 0 Å². The molecule has 33 heavy (non-hydrogen) atoms. The number of fused-ring (bicyclic) bond motifs is 1. The zero-order valence-corrected chi connectivity index (χ0v) is 18.8. The van der Waals surface area contributed by atoms with Crippen LogP contribution in [0.15, 0.2) is 83.0 Å². The molecule has 0 aromatic heterocycles. The van der Waals surface area contributed by atoms with Gasteiger partial charge in [-0.15, -0.1) is 0 Å². The minimum absolute atomic E-state index is 0.0287. The molecule has 3 aromatic carbocycles. The molecule has 0 radical (unpaired) electrons. The Morgan fingerprint density at radius 3 is 2.03 bits per heavy atom. The number of hydrogen-bond acceptors (Lipinski definition) is 4. The number of carbonyl (C=O) groups excluding carboxylic acids is 3. The van der Waals surface area contributed by atoms with E-state index in [4.69, 9.17) is 0 Å². The van der Waals surface area contributed by atoms with Gasteiger partial charge in [-0.25, -0.2) is 0 Å². The Morgan fingerprint density at radius 1 is 0.879 bits per heavy atom. The second-order valence-corrected chi connectivity index (χ2v) is 8.26. The van der Waals surface area contributed by atoms with Crippen LogP contribution in [-0.4, -0.2) is 23.6 Å². The maximum Gasteiger partial charge on any atom is 0.394 e. The van der Waals surface area contributed by atoms with Crippen molar-refractivity contribution in [3.63, 3.8) is 0 Å². The Morgan fingerprint density at radius 2 is 1.45 bits per heavy atom. The predicted molar refractivity (Wildman–Crippen MR) is 121 cm³/mol. The Bertz CT molecular complexity index is 1290. The molecule has 8 heteroatoms. The summed E-state index contributed by atoms with van der Waals surface area (Å²) in [6.45, 7) is 0.611. The fourth-order valence-electron chi connectivity index (χ4n) is 3.45. The van der Waals surface area contributed by atoms with Crippen molar-refractivity contribution in [2.75, 3.05) is 0 Å². The molecule has 166 valence electrons. The van der Waals surface area contributed by atoms with Gasteiger partial charge in [0.25, 0.3) is 5.91 Å². The number of alkyl halides is 2. The number of ketones is 2. The molecule has 5 nitrogen and oxygen atoms in total. The Kier molecular flexibility index (Phi) is 5.95. The van der Waals surface area contributed by atoms with Crippen LogP contribution in [0, 0.1) is 0 Å². The molecule has 1 aliphatic rings. The van der Waals surface area contributed by atoms with Gasteiger partial charge in [-0.1, -0.05) is 52.3 Å². The molecular formula is C25H16BrF2NO4. The van der Waals surface area contributed by atoms with E-state index in [1.807, 2.05) is 0 Å². The molecule has 1 amide bonds. The van der Waals surface area contributed by atoms with Crippen LogP contribution in [0.2, 0.25) is 0 Å². The number of amides is 1. The highest BCUT2D eigenvalue weighted by molar-refractivity contribution is 9.10. The molecule has 0 atom stereocenters. The van der Waals surface area contributed by atoms with Crippen molar-refractivity contribution in [1.29, 1.82) is 0 Å². The molecule has 0 heterocycles. The number of benzene rings is 3. The van der Waals surface area contributed by atoms with Crippen LogP contribution in [0.5, 0.6) is 5.75 Å². The molecule has 0 saturated heterocycles. The van der Waals surface area contributed by atoms with Gasteiger partial charge in [0.05, 0.1) is 5.57 Å². The standard InChI is InChI=1S/C25H16BrF2NO4/c1-25(27,28)33-17-12-8-14(9-13-17)20-21(29-24(32)15-6-10-16(26)11-7-15)23(31)19-5-3-2-4-18(19)22(20)30/h2-13H,1H3,(H,29,32). The Labute approximate surface area is 196 Å². The van der Waals surface area contributed by atoms with Crippen LogP contribution >= 0.6 is 15.9 Å². The predicted octanol–water partition coefficient (Wildman–Crippen LogP) is 5.66. The third-order valence-electron chi connectivity index (χ3n) is 4.91. The molecule has 0 spiro atoms. The summed E-state index contributed by atoms with van der Waals surface area (Å²) in [5.74, 6) is -1.67. The van der Waals surface area contributed by atoms with Crippen LogP contribution in [0.3, 0.4) is 0 Å². The first-order chi connectivity index (χ1) is 15.6. The van der Waals surface area contributed by atoms with Gasteiger partial charge in [0.1, 0.15) is 11.4 Å². The average Bonchev–Trinajstić information content (AvgIpc) is 2.77. The monoisotopic (exact) mass is 511 g/mol. The quantitative estimate of drug-likeness (QED) is 0.479. The van der Waals surface area contributed by atoms with E-state index in [-0.39, 0.29) is 39.3 Å². The van der Waals surface area contributed by atoms with Crippen molar-refractivity contribution in [3.8, 4) is 5.75 Å². The molecule has 1 N–H and O–H groups in total. The van der Waals surface area contributed by atoms with Crippen molar-refractivity contribution in [2.24, 2.45) is 0 Å². The third kappa shape index (κ3) is 4.75. The van der Waals surface area contributed by atoms with Gasteiger partial charge in [-0.3, -0.25) is 14.4 Å². The van der Waals surface area contributed by atoms with Gasteiger partial charge in [0.15, 0.2) is 5.78 Å². The smallest absolute Gasteiger partial charge is 0.394 e. The van der Waals surface area contributed by atoms with E-state index in [0.717, 1.165) is 4.47 Å². The van der Waals surface area contributed by atoms with Crippen LogP contribution in [-0.2, 0) is 0 Å². The Hall–Kier alpha value is -3.65. The summed E-state index contributed by atoms with van der Waals surface area (Å²) >= 11 is 3.30. The highest BCUT2D eigenvalue weighted by atomic mass is 79.9. The molecule has 1 aliphatic carbocycles. The third-order valence-corrected chi connectivity index (χ3v) is 5.43. The summed E-state index contributed by atoms with van der Waals surface area (Å²) in [4.78, 5) is 39.4. The maximum atomic E-state index is 13.3. The highest BCUT2D eigenvalue weighted by Crippen LogP contribution is 2.33. The minimum atomic E-state index is -3.37. The zero-order valence-electron chi connectivity index (χ0n) is 17.2. The fourth-order valence-corrected chi connectivity index (χ4v) is 3.72. The number of rotatable bonds is 5. The lowest BCUT2D eigenvalue weighted by Crippen LogP contribution is -2.33. The number of allylic oxidation sites excluding steroid dienone is 2. The van der Waals surface area contributed by atoms with E-state index < -0.39 is 23.6 Å². The van der Waals surface area contributed by atoms with Crippen molar-refractivity contribution < 1.29 is 27.9 Å². The maximum absolute atomic E-state index is 13.3. The van der Waals surface area contributed by atoms with Crippen molar-refractivity contribution in [3.05, 3.63) is 105 Å². The minimum Gasteiger partial charge on any atom is -0.433 e. The number of halogens is 3. The van der Waals surface area contributed by atoms with Gasteiger partial charge < -0.3 is 10.1 Å². The van der Waals surface area contributed by atoms with E-state index in [0.29, 0.717) is 6.92 Å². The largest absolute Gasteiger partial charge is 0.433 e. The van der Waals surface area contributed by atoms with Crippen LogP contribution in [0.25, 0.3) is 5.57 Å². The van der Waals surface area contributed by atoms with Crippen LogP contribution in [0.1, 0.15) is 43.6 Å². The first-order valence-corrected chi connectivity index (χ1v) is 10.6. The number of Topliss-reactive ketones (excluding diaryl/α,β-unsaturated/α-hetero) is 2. The summed E-state index contributed by atoms with van der Waals surface area (Å²) in [5.41, 5.74) is 0.724. The fraction of sp³-hybridized carbons (Fsp3) is 0.0800. The lowest BCUT2D eigenvalue weighted by Gasteiger charge is -2.22. The molecule has 0 saturated carbocycles. The SMILES string of the molecule is CC(F)(F)Oc1ccc(C2=C(NC(=O)c3ccc(Br)cc3)C(=O)c3ccccc3C2=O)cc1. The topological polar surface area (TPSA) is 72.5 Å². The van der Waals surface area contributed by atoms with E-state index in [1.54, 1.807) is 36.4 Å². The summed E-state index contributed by atoms with van der Waals surface area (Å²) in [6, 6.07) is 18.1. The number of ether oxygens (including phenoxy) is 1. The van der Waals surface area contributed by atoms with Gasteiger partial charge in [0, 0.05) is 28.1 Å². The molecule has 0 bridgehead atoms. The summed E-state index contributed by atoms with van der Waals surface area (Å²) in [7, 11) is 0. The zero-order chi connectivity index (χ0) is 23.8. The van der Waals surface area contributed by atoms with Gasteiger partial charge >= 0.3 is 6.11 Å².